The highest BCUT2D eigenvalue weighted by molar-refractivity contribution is 7.13. The van der Waals surface area contributed by atoms with Gasteiger partial charge in [0.15, 0.2) is 0 Å². The van der Waals surface area contributed by atoms with E-state index in [1.807, 2.05) is 30.3 Å². The Bertz CT molecular complexity index is 694. The van der Waals surface area contributed by atoms with E-state index in [0.29, 0.717) is 12.4 Å². The van der Waals surface area contributed by atoms with Gasteiger partial charge in [0.05, 0.1) is 10.4 Å². The molecule has 4 heterocycles. The average Bonchev–Trinajstić information content (AvgIpc) is 3.10. The van der Waals surface area contributed by atoms with Crippen molar-refractivity contribution in [2.75, 3.05) is 26.2 Å². The van der Waals surface area contributed by atoms with Crippen molar-refractivity contribution in [3.63, 3.8) is 0 Å². The molecule has 1 amide bonds. The SMILES string of the molecule is O=C(NCC12CCN(CC1)CC2)Oc1ncsc1-c1ccccc1. The lowest BCUT2D eigenvalue weighted by Crippen LogP contribution is -2.52. The van der Waals surface area contributed by atoms with Gasteiger partial charge in [0.25, 0.3) is 0 Å². The van der Waals surface area contributed by atoms with Crippen LogP contribution in [0.15, 0.2) is 35.8 Å². The van der Waals surface area contributed by atoms with Gasteiger partial charge in [-0.2, -0.15) is 0 Å². The number of ether oxygens (including phenoxy) is 1. The Hall–Kier alpha value is -1.92. The lowest BCUT2D eigenvalue weighted by molar-refractivity contribution is 0.0273. The number of aromatic nitrogens is 1. The minimum absolute atomic E-state index is 0.262. The number of carbonyl (C=O) groups excluding carboxylic acids is 1. The minimum atomic E-state index is -0.402. The number of nitrogens with one attached hydrogen (secondary N) is 1. The van der Waals surface area contributed by atoms with Crippen LogP contribution in [0.25, 0.3) is 10.4 Å². The molecular weight excluding hydrogens is 322 g/mol. The summed E-state index contributed by atoms with van der Waals surface area (Å²) in [6, 6.07) is 9.88. The summed E-state index contributed by atoms with van der Waals surface area (Å²) in [4.78, 5) is 19.8. The molecule has 3 aliphatic heterocycles. The smallest absolute Gasteiger partial charge is 0.390 e. The quantitative estimate of drug-likeness (QED) is 0.925. The van der Waals surface area contributed by atoms with Gasteiger partial charge in [-0.3, -0.25) is 0 Å². The Morgan fingerprint density at radius 2 is 1.92 bits per heavy atom. The summed E-state index contributed by atoms with van der Waals surface area (Å²) in [5.74, 6) is 0.389. The fourth-order valence-electron chi connectivity index (χ4n) is 3.63. The molecule has 24 heavy (non-hydrogen) atoms. The molecule has 1 aromatic heterocycles. The summed E-state index contributed by atoms with van der Waals surface area (Å²) < 4.78 is 5.47. The Morgan fingerprint density at radius 1 is 1.21 bits per heavy atom. The Kier molecular flexibility index (Phi) is 4.24. The molecule has 3 aliphatic rings. The molecule has 0 atom stereocenters. The first-order chi connectivity index (χ1) is 11.7. The van der Waals surface area contributed by atoms with E-state index in [9.17, 15) is 4.79 Å². The van der Waals surface area contributed by atoms with Crippen molar-refractivity contribution >= 4 is 17.4 Å². The van der Waals surface area contributed by atoms with Crippen molar-refractivity contribution in [2.24, 2.45) is 5.41 Å². The van der Waals surface area contributed by atoms with Crippen LogP contribution in [0, 0.1) is 5.41 Å². The third kappa shape index (κ3) is 3.16. The standard InChI is InChI=1S/C18H21N3O2S/c22-17(19-12-18-6-9-21(10-7-18)11-8-18)23-16-15(24-13-20-16)14-4-2-1-3-5-14/h1-5,13H,6-12H2,(H,19,22). The number of nitrogens with zero attached hydrogens (tertiary/aromatic N) is 2. The maximum atomic E-state index is 12.2. The summed E-state index contributed by atoms with van der Waals surface area (Å²) in [5.41, 5.74) is 2.99. The van der Waals surface area contributed by atoms with Gasteiger partial charge in [-0.25, -0.2) is 9.78 Å². The number of fused-ring (bicyclic) bond motifs is 3. The van der Waals surface area contributed by atoms with Gasteiger partial charge in [0.2, 0.25) is 5.88 Å². The molecule has 126 valence electrons. The second kappa shape index (κ2) is 6.53. The fraction of sp³-hybridized carbons (Fsp3) is 0.444. The summed E-state index contributed by atoms with van der Waals surface area (Å²) in [7, 11) is 0. The van der Waals surface area contributed by atoms with Crippen LogP contribution in [-0.4, -0.2) is 42.2 Å². The first-order valence-corrected chi connectivity index (χ1v) is 9.29. The van der Waals surface area contributed by atoms with E-state index in [0.717, 1.165) is 30.1 Å². The van der Waals surface area contributed by atoms with E-state index in [1.54, 1.807) is 5.51 Å². The number of carbonyl (C=O) groups is 1. The second-order valence-electron chi connectivity index (χ2n) is 6.69. The fourth-order valence-corrected chi connectivity index (χ4v) is 4.36. The van der Waals surface area contributed by atoms with Crippen LogP contribution in [0.3, 0.4) is 0 Å². The molecule has 0 saturated carbocycles. The van der Waals surface area contributed by atoms with Crippen LogP contribution in [0.4, 0.5) is 4.79 Å². The van der Waals surface area contributed by atoms with Crippen molar-refractivity contribution in [3.05, 3.63) is 35.8 Å². The van der Waals surface area contributed by atoms with Crippen LogP contribution < -0.4 is 10.1 Å². The molecule has 2 aromatic rings. The number of hydrogen-bond donors (Lipinski definition) is 1. The van der Waals surface area contributed by atoms with Crippen molar-refractivity contribution in [1.29, 1.82) is 0 Å². The Labute approximate surface area is 145 Å². The summed E-state index contributed by atoms with van der Waals surface area (Å²) in [6.45, 7) is 4.16. The van der Waals surface area contributed by atoms with E-state index in [2.05, 4.69) is 15.2 Å². The Balaban J connectivity index is 1.38. The number of benzene rings is 1. The predicted octanol–water partition coefficient (Wildman–Crippen LogP) is 3.38. The van der Waals surface area contributed by atoms with Crippen LogP contribution >= 0.6 is 11.3 Å². The third-order valence-electron chi connectivity index (χ3n) is 5.24. The summed E-state index contributed by atoms with van der Waals surface area (Å²) in [6.07, 6.45) is 3.10. The topological polar surface area (TPSA) is 54.5 Å². The van der Waals surface area contributed by atoms with Gasteiger partial charge in [0, 0.05) is 6.54 Å². The first kappa shape index (κ1) is 15.6. The van der Waals surface area contributed by atoms with E-state index < -0.39 is 6.09 Å². The van der Waals surface area contributed by atoms with Gasteiger partial charge >= 0.3 is 6.09 Å². The maximum absolute atomic E-state index is 12.2. The Morgan fingerprint density at radius 3 is 2.62 bits per heavy atom. The number of rotatable bonds is 4. The maximum Gasteiger partial charge on any atom is 0.414 e. The molecule has 3 fully saturated rings. The molecule has 2 bridgehead atoms. The second-order valence-corrected chi connectivity index (χ2v) is 7.54. The number of amides is 1. The number of piperidine rings is 3. The first-order valence-electron chi connectivity index (χ1n) is 8.41. The molecule has 1 N–H and O–H groups in total. The molecule has 1 aromatic carbocycles. The lowest BCUT2D eigenvalue weighted by atomic mass is 9.72. The number of thiazole rings is 1. The van der Waals surface area contributed by atoms with Crippen LogP contribution in [0.1, 0.15) is 19.3 Å². The van der Waals surface area contributed by atoms with E-state index in [1.165, 1.54) is 30.6 Å². The van der Waals surface area contributed by atoms with E-state index in [-0.39, 0.29) is 5.41 Å². The average molecular weight is 343 g/mol. The van der Waals surface area contributed by atoms with Crippen LogP contribution in [-0.2, 0) is 0 Å². The van der Waals surface area contributed by atoms with Crippen molar-refractivity contribution in [3.8, 4) is 16.3 Å². The zero-order chi connectivity index (χ0) is 16.4. The van der Waals surface area contributed by atoms with Gasteiger partial charge in [0.1, 0.15) is 0 Å². The van der Waals surface area contributed by atoms with Crippen LogP contribution in [0.5, 0.6) is 5.88 Å². The number of hydrogen-bond acceptors (Lipinski definition) is 5. The molecule has 0 aliphatic carbocycles. The normalized spacial score (nSPS) is 25.4. The summed E-state index contributed by atoms with van der Waals surface area (Å²) >= 11 is 1.48. The molecule has 5 rings (SSSR count). The molecule has 0 unspecified atom stereocenters. The molecule has 3 saturated heterocycles. The predicted molar refractivity (Wildman–Crippen MR) is 94.3 cm³/mol. The molecule has 0 radical (unpaired) electrons. The van der Waals surface area contributed by atoms with Gasteiger partial charge < -0.3 is 15.0 Å². The van der Waals surface area contributed by atoms with Gasteiger partial charge in [-0.15, -0.1) is 11.3 Å². The highest BCUT2D eigenvalue weighted by atomic mass is 32.1. The van der Waals surface area contributed by atoms with Crippen LogP contribution in [0.2, 0.25) is 0 Å². The summed E-state index contributed by atoms with van der Waals surface area (Å²) in [5, 5.41) is 2.97. The zero-order valence-electron chi connectivity index (χ0n) is 13.5. The molecule has 0 spiro atoms. The monoisotopic (exact) mass is 343 g/mol. The highest BCUT2D eigenvalue weighted by Crippen LogP contribution is 2.39. The third-order valence-corrected chi connectivity index (χ3v) is 6.10. The molecular formula is C18H21N3O2S. The molecule has 5 nitrogen and oxygen atoms in total. The van der Waals surface area contributed by atoms with Gasteiger partial charge in [-0.05, 0) is 49.9 Å². The molecule has 6 heteroatoms. The lowest BCUT2D eigenvalue weighted by Gasteiger charge is -2.48. The van der Waals surface area contributed by atoms with Crippen molar-refractivity contribution < 1.29 is 9.53 Å². The largest absolute Gasteiger partial charge is 0.414 e. The van der Waals surface area contributed by atoms with Crippen molar-refractivity contribution in [2.45, 2.75) is 19.3 Å². The van der Waals surface area contributed by atoms with Crippen molar-refractivity contribution in [1.82, 2.24) is 15.2 Å². The minimum Gasteiger partial charge on any atom is -0.390 e. The highest BCUT2D eigenvalue weighted by Gasteiger charge is 2.39. The van der Waals surface area contributed by atoms with E-state index in [4.69, 9.17) is 4.74 Å². The van der Waals surface area contributed by atoms with E-state index >= 15 is 0 Å². The zero-order valence-corrected chi connectivity index (χ0v) is 14.3. The van der Waals surface area contributed by atoms with Gasteiger partial charge in [-0.1, -0.05) is 30.3 Å².